The van der Waals surface area contributed by atoms with Gasteiger partial charge in [0.25, 0.3) is 5.91 Å². The molecule has 0 bridgehead atoms. The van der Waals surface area contributed by atoms with Crippen LogP contribution in [0.2, 0.25) is 0 Å². The van der Waals surface area contributed by atoms with Gasteiger partial charge in [-0.25, -0.2) is 4.98 Å². The van der Waals surface area contributed by atoms with E-state index in [9.17, 15) is 4.79 Å². The summed E-state index contributed by atoms with van der Waals surface area (Å²) in [6.45, 7) is 0. The Morgan fingerprint density at radius 1 is 1.35 bits per heavy atom. The highest BCUT2D eigenvalue weighted by Gasteiger charge is 2.42. The van der Waals surface area contributed by atoms with Gasteiger partial charge in [0.15, 0.2) is 0 Å². The average molecular weight is 232 g/mol. The van der Waals surface area contributed by atoms with Crippen LogP contribution in [0.25, 0.3) is 0 Å². The third-order valence-corrected chi connectivity index (χ3v) is 3.17. The van der Waals surface area contributed by atoms with Gasteiger partial charge >= 0.3 is 0 Å². The van der Waals surface area contributed by atoms with E-state index in [-0.39, 0.29) is 5.91 Å². The molecule has 0 aliphatic heterocycles. The fourth-order valence-electron chi connectivity index (χ4n) is 2.05. The first kappa shape index (κ1) is 10.0. The van der Waals surface area contributed by atoms with Crippen molar-refractivity contribution in [3.63, 3.8) is 0 Å². The molecule has 0 atom stereocenters. The maximum Gasteiger partial charge on any atom is 0.270 e. The first-order valence-electron chi connectivity index (χ1n) is 5.48. The molecule has 1 aliphatic carbocycles. The SMILES string of the molecule is O=C(NC1(c2ncn[nH]2)CCC1)c1ccn[nH]1. The molecule has 2 heterocycles. The van der Waals surface area contributed by atoms with E-state index in [2.05, 4.69) is 30.7 Å². The smallest absolute Gasteiger partial charge is 0.270 e. The molecule has 0 unspecified atom stereocenters. The number of nitrogens with zero attached hydrogens (tertiary/aromatic N) is 3. The van der Waals surface area contributed by atoms with E-state index in [1.165, 1.54) is 6.33 Å². The summed E-state index contributed by atoms with van der Waals surface area (Å²) in [6, 6.07) is 1.64. The van der Waals surface area contributed by atoms with Crippen LogP contribution in [0.3, 0.4) is 0 Å². The van der Waals surface area contributed by atoms with Crippen molar-refractivity contribution in [3.8, 4) is 0 Å². The third-order valence-electron chi connectivity index (χ3n) is 3.17. The minimum absolute atomic E-state index is 0.168. The molecule has 0 aromatic carbocycles. The van der Waals surface area contributed by atoms with Crippen molar-refractivity contribution in [2.24, 2.45) is 0 Å². The predicted octanol–water partition coefficient (Wildman–Crippen LogP) is 0.337. The van der Waals surface area contributed by atoms with Crippen LogP contribution in [-0.2, 0) is 5.54 Å². The van der Waals surface area contributed by atoms with Gasteiger partial charge < -0.3 is 5.32 Å². The number of aromatic nitrogens is 5. The molecule has 1 aliphatic rings. The number of nitrogens with one attached hydrogen (secondary N) is 3. The lowest BCUT2D eigenvalue weighted by Crippen LogP contribution is -2.51. The van der Waals surface area contributed by atoms with Gasteiger partial charge in [0.2, 0.25) is 0 Å². The number of H-pyrrole nitrogens is 2. The zero-order chi connectivity index (χ0) is 11.7. The highest BCUT2D eigenvalue weighted by molar-refractivity contribution is 5.92. The highest BCUT2D eigenvalue weighted by atomic mass is 16.2. The first-order chi connectivity index (χ1) is 8.30. The van der Waals surface area contributed by atoms with Crippen LogP contribution in [0, 0.1) is 0 Å². The van der Waals surface area contributed by atoms with Crippen molar-refractivity contribution in [2.45, 2.75) is 24.8 Å². The summed E-state index contributed by atoms with van der Waals surface area (Å²) in [7, 11) is 0. The van der Waals surface area contributed by atoms with Gasteiger partial charge in [-0.15, -0.1) is 0 Å². The molecule has 17 heavy (non-hydrogen) atoms. The summed E-state index contributed by atoms with van der Waals surface area (Å²) in [4.78, 5) is 16.1. The van der Waals surface area contributed by atoms with Crippen LogP contribution in [0.4, 0.5) is 0 Å². The monoisotopic (exact) mass is 232 g/mol. The van der Waals surface area contributed by atoms with E-state index in [0.717, 1.165) is 25.1 Å². The van der Waals surface area contributed by atoms with Crippen LogP contribution in [0.5, 0.6) is 0 Å². The Bertz CT molecular complexity index is 499. The maximum atomic E-state index is 12.0. The highest BCUT2D eigenvalue weighted by Crippen LogP contribution is 2.39. The summed E-state index contributed by atoms with van der Waals surface area (Å²) >= 11 is 0. The Balaban J connectivity index is 1.81. The van der Waals surface area contributed by atoms with E-state index in [1.807, 2.05) is 0 Å². The minimum atomic E-state index is -0.390. The Morgan fingerprint density at radius 2 is 2.24 bits per heavy atom. The summed E-state index contributed by atoms with van der Waals surface area (Å²) in [6.07, 6.45) is 5.84. The first-order valence-corrected chi connectivity index (χ1v) is 5.48. The zero-order valence-corrected chi connectivity index (χ0v) is 9.10. The summed E-state index contributed by atoms with van der Waals surface area (Å²) in [5.41, 5.74) is 0.0643. The van der Waals surface area contributed by atoms with E-state index in [1.54, 1.807) is 12.3 Å². The zero-order valence-electron chi connectivity index (χ0n) is 9.10. The van der Waals surface area contributed by atoms with Gasteiger partial charge in [-0.1, -0.05) is 0 Å². The molecule has 0 radical (unpaired) electrons. The third kappa shape index (κ3) is 1.59. The number of aromatic amines is 2. The molecule has 1 fully saturated rings. The maximum absolute atomic E-state index is 12.0. The van der Waals surface area contributed by atoms with Crippen molar-refractivity contribution in [1.82, 2.24) is 30.7 Å². The lowest BCUT2D eigenvalue weighted by atomic mass is 9.76. The number of hydrogen-bond donors (Lipinski definition) is 3. The molecular weight excluding hydrogens is 220 g/mol. The van der Waals surface area contributed by atoms with Crippen molar-refractivity contribution in [1.29, 1.82) is 0 Å². The normalized spacial score (nSPS) is 17.4. The molecule has 0 spiro atoms. The second-order valence-corrected chi connectivity index (χ2v) is 4.19. The van der Waals surface area contributed by atoms with E-state index >= 15 is 0 Å². The Morgan fingerprint density at radius 3 is 2.76 bits per heavy atom. The van der Waals surface area contributed by atoms with Crippen LogP contribution in [-0.4, -0.2) is 31.3 Å². The lowest BCUT2D eigenvalue weighted by Gasteiger charge is -2.40. The Labute approximate surface area is 97.0 Å². The molecule has 3 rings (SSSR count). The van der Waals surface area contributed by atoms with Crippen molar-refractivity contribution in [2.75, 3.05) is 0 Å². The second kappa shape index (κ2) is 3.69. The van der Waals surface area contributed by atoms with Crippen LogP contribution >= 0.6 is 0 Å². The lowest BCUT2D eigenvalue weighted by molar-refractivity contribution is 0.0804. The number of hydrogen-bond acceptors (Lipinski definition) is 4. The molecule has 88 valence electrons. The fourth-order valence-corrected chi connectivity index (χ4v) is 2.05. The molecule has 7 heteroatoms. The van der Waals surface area contributed by atoms with Crippen molar-refractivity contribution in [3.05, 3.63) is 30.1 Å². The van der Waals surface area contributed by atoms with Gasteiger partial charge in [-0.3, -0.25) is 15.0 Å². The van der Waals surface area contributed by atoms with Crippen LogP contribution in [0.1, 0.15) is 35.6 Å². The molecule has 1 saturated carbocycles. The topological polar surface area (TPSA) is 99.3 Å². The number of carbonyl (C=O) groups excluding carboxylic acids is 1. The molecular formula is C10H12N6O. The van der Waals surface area contributed by atoms with E-state index in [0.29, 0.717) is 5.69 Å². The van der Waals surface area contributed by atoms with Crippen LogP contribution < -0.4 is 5.32 Å². The molecule has 3 N–H and O–H groups in total. The molecule has 2 aromatic rings. The summed E-state index contributed by atoms with van der Waals surface area (Å²) < 4.78 is 0. The molecule has 7 nitrogen and oxygen atoms in total. The van der Waals surface area contributed by atoms with Gasteiger partial charge in [-0.2, -0.15) is 10.2 Å². The quantitative estimate of drug-likeness (QED) is 0.710. The van der Waals surface area contributed by atoms with Gasteiger partial charge in [-0.05, 0) is 25.3 Å². The largest absolute Gasteiger partial charge is 0.338 e. The number of carbonyl (C=O) groups is 1. The van der Waals surface area contributed by atoms with Gasteiger partial charge in [0.05, 0.1) is 5.54 Å². The second-order valence-electron chi connectivity index (χ2n) is 4.19. The molecule has 1 amide bonds. The minimum Gasteiger partial charge on any atom is -0.338 e. The Kier molecular flexibility index (Phi) is 2.17. The molecule has 2 aromatic heterocycles. The van der Waals surface area contributed by atoms with Gasteiger partial charge in [0.1, 0.15) is 17.8 Å². The van der Waals surface area contributed by atoms with Crippen molar-refractivity contribution < 1.29 is 4.79 Å². The number of rotatable bonds is 3. The van der Waals surface area contributed by atoms with E-state index < -0.39 is 5.54 Å². The summed E-state index contributed by atoms with van der Waals surface area (Å²) in [5.74, 6) is 0.551. The summed E-state index contributed by atoms with van der Waals surface area (Å²) in [5, 5.41) is 16.1. The molecule has 0 saturated heterocycles. The van der Waals surface area contributed by atoms with Crippen LogP contribution in [0.15, 0.2) is 18.6 Å². The fraction of sp³-hybridized carbons (Fsp3) is 0.400. The average Bonchev–Trinajstić information content (AvgIpc) is 2.94. The van der Waals surface area contributed by atoms with Crippen molar-refractivity contribution >= 4 is 5.91 Å². The van der Waals surface area contributed by atoms with Gasteiger partial charge in [0, 0.05) is 6.20 Å². The standard InChI is InChI=1S/C10H12N6O/c17-8(7-2-5-12-15-7)14-10(3-1-4-10)9-11-6-13-16-9/h2,5-6H,1,3-4H2,(H,12,15)(H,14,17)(H,11,13,16). The van der Waals surface area contributed by atoms with E-state index in [4.69, 9.17) is 0 Å². The predicted molar refractivity (Wildman–Crippen MR) is 58.0 cm³/mol. The number of amides is 1. The Hall–Kier alpha value is -2.18.